The molecule has 1 unspecified atom stereocenters. The van der Waals surface area contributed by atoms with Gasteiger partial charge in [0.25, 0.3) is 0 Å². The number of Topliss-reactive ketones (excluding diaryl/α,β-unsaturated/α-hetero) is 1. The molecule has 0 aliphatic carbocycles. The molecule has 2 aliphatic rings. The highest BCUT2D eigenvalue weighted by Gasteiger charge is 2.36. The van der Waals surface area contributed by atoms with Gasteiger partial charge in [-0.05, 0) is 30.3 Å². The Bertz CT molecular complexity index is 874. The fourth-order valence-electron chi connectivity index (χ4n) is 3.08. The molecule has 0 bridgehead atoms. The summed E-state index contributed by atoms with van der Waals surface area (Å²) in [6, 6.07) is 8.29. The van der Waals surface area contributed by atoms with E-state index in [1.807, 2.05) is 0 Å². The van der Waals surface area contributed by atoms with Crippen LogP contribution in [0.15, 0.2) is 41.0 Å². The first-order valence-corrected chi connectivity index (χ1v) is 8.50. The van der Waals surface area contributed by atoms with Crippen molar-refractivity contribution in [2.45, 2.75) is 13.0 Å². The second-order valence-corrected chi connectivity index (χ2v) is 6.35. The molecule has 0 saturated carbocycles. The zero-order valence-electron chi connectivity index (χ0n) is 14.4. The molecule has 1 fully saturated rings. The number of hydrogen-bond acceptors (Lipinski definition) is 7. The number of hydrogen-bond donors (Lipinski definition) is 0. The molecule has 8 nitrogen and oxygen atoms in total. The Morgan fingerprint density at radius 2 is 2.04 bits per heavy atom. The van der Waals surface area contributed by atoms with Gasteiger partial charge in [0.2, 0.25) is 12.7 Å². The number of esters is 1. The summed E-state index contributed by atoms with van der Waals surface area (Å²) in [7, 11) is 0. The number of amides is 1. The van der Waals surface area contributed by atoms with Crippen molar-refractivity contribution in [3.05, 3.63) is 47.9 Å². The largest absolute Gasteiger partial charge is 0.467 e. The number of ketones is 1. The van der Waals surface area contributed by atoms with Crippen LogP contribution in [-0.2, 0) is 20.9 Å². The van der Waals surface area contributed by atoms with Crippen LogP contribution >= 0.6 is 0 Å². The number of ether oxygens (including phenoxy) is 3. The molecule has 0 spiro atoms. The number of furan rings is 1. The summed E-state index contributed by atoms with van der Waals surface area (Å²) in [6.07, 6.45) is 1.60. The number of nitrogens with zero attached hydrogens (tertiary/aromatic N) is 1. The van der Waals surface area contributed by atoms with E-state index in [1.54, 1.807) is 35.2 Å². The lowest BCUT2D eigenvalue weighted by Crippen LogP contribution is -2.27. The van der Waals surface area contributed by atoms with Gasteiger partial charge in [-0.2, -0.15) is 0 Å². The lowest BCUT2D eigenvalue weighted by molar-refractivity contribution is -0.147. The molecule has 140 valence electrons. The Morgan fingerprint density at radius 3 is 2.85 bits per heavy atom. The molecule has 1 atom stereocenters. The third-order valence-corrected chi connectivity index (χ3v) is 4.51. The minimum absolute atomic E-state index is 0.0672. The van der Waals surface area contributed by atoms with E-state index in [4.69, 9.17) is 18.6 Å². The second kappa shape index (κ2) is 7.14. The molecule has 2 aliphatic heterocycles. The molecule has 0 N–H and O–H groups in total. The Morgan fingerprint density at radius 1 is 1.19 bits per heavy atom. The minimum Gasteiger partial charge on any atom is -0.467 e. The lowest BCUT2D eigenvalue weighted by atomic mass is 10.1. The van der Waals surface area contributed by atoms with Crippen molar-refractivity contribution in [3.63, 3.8) is 0 Å². The normalized spacial score (nSPS) is 18.0. The van der Waals surface area contributed by atoms with E-state index in [-0.39, 0.29) is 38.1 Å². The maximum absolute atomic E-state index is 12.2. The summed E-state index contributed by atoms with van der Waals surface area (Å²) in [5.74, 6) is 0.0763. The number of rotatable bonds is 6. The van der Waals surface area contributed by atoms with E-state index in [2.05, 4.69) is 0 Å². The van der Waals surface area contributed by atoms with Gasteiger partial charge >= 0.3 is 5.97 Å². The van der Waals surface area contributed by atoms with Crippen molar-refractivity contribution >= 4 is 17.7 Å². The van der Waals surface area contributed by atoms with Gasteiger partial charge in [-0.15, -0.1) is 0 Å². The Labute approximate surface area is 154 Å². The van der Waals surface area contributed by atoms with Crippen LogP contribution in [0.25, 0.3) is 0 Å². The number of carbonyl (C=O) groups excluding carboxylic acids is 3. The first-order valence-electron chi connectivity index (χ1n) is 8.50. The van der Waals surface area contributed by atoms with E-state index in [0.29, 0.717) is 29.4 Å². The molecule has 27 heavy (non-hydrogen) atoms. The number of benzene rings is 1. The van der Waals surface area contributed by atoms with Crippen molar-refractivity contribution < 1.29 is 33.0 Å². The first-order chi connectivity index (χ1) is 13.1. The zero-order valence-corrected chi connectivity index (χ0v) is 14.4. The van der Waals surface area contributed by atoms with E-state index in [1.165, 1.54) is 6.26 Å². The quantitative estimate of drug-likeness (QED) is 0.564. The van der Waals surface area contributed by atoms with Crippen molar-refractivity contribution in [1.82, 2.24) is 4.90 Å². The molecular weight excluding hydrogens is 354 g/mol. The van der Waals surface area contributed by atoms with Crippen LogP contribution in [0.3, 0.4) is 0 Å². The van der Waals surface area contributed by atoms with Crippen LogP contribution in [-0.4, -0.2) is 42.5 Å². The molecule has 3 heterocycles. The molecule has 1 saturated heterocycles. The van der Waals surface area contributed by atoms with Gasteiger partial charge in [0, 0.05) is 18.5 Å². The first kappa shape index (κ1) is 17.1. The molecule has 1 aromatic carbocycles. The topological polar surface area (TPSA) is 95.3 Å². The van der Waals surface area contributed by atoms with Gasteiger partial charge in [0.05, 0.1) is 18.7 Å². The van der Waals surface area contributed by atoms with Crippen LogP contribution in [0.2, 0.25) is 0 Å². The van der Waals surface area contributed by atoms with Gasteiger partial charge in [-0.1, -0.05) is 0 Å². The second-order valence-electron chi connectivity index (χ2n) is 6.35. The highest BCUT2D eigenvalue weighted by atomic mass is 16.7. The molecule has 2 aromatic rings. The molecule has 0 radical (unpaired) electrons. The lowest BCUT2D eigenvalue weighted by Gasteiger charge is -2.14. The van der Waals surface area contributed by atoms with Gasteiger partial charge in [-0.3, -0.25) is 14.4 Å². The molecule has 1 amide bonds. The number of carbonyl (C=O) groups is 3. The molecule has 1 aromatic heterocycles. The molecule has 4 rings (SSSR count). The average Bonchev–Trinajstić information content (AvgIpc) is 3.41. The van der Waals surface area contributed by atoms with E-state index in [9.17, 15) is 14.4 Å². The summed E-state index contributed by atoms with van der Waals surface area (Å²) in [4.78, 5) is 38.1. The van der Waals surface area contributed by atoms with Crippen molar-refractivity contribution in [1.29, 1.82) is 0 Å². The predicted octanol–water partition coefficient (Wildman–Crippen LogP) is 1.78. The summed E-state index contributed by atoms with van der Waals surface area (Å²) in [5, 5.41) is 0. The standard InChI is InChI=1S/C19H17NO7/c21-15(12-3-4-16-17(6-12)27-11-26-16)10-25-19(23)13-7-18(22)20(8-13)9-14-2-1-5-24-14/h1-6,13H,7-11H2. The van der Waals surface area contributed by atoms with Gasteiger partial charge in [-0.25, -0.2) is 0 Å². The third kappa shape index (κ3) is 3.64. The third-order valence-electron chi connectivity index (χ3n) is 4.51. The number of likely N-dealkylation sites (tertiary alicyclic amines) is 1. The Balaban J connectivity index is 1.30. The van der Waals surface area contributed by atoms with Gasteiger partial charge in [0.15, 0.2) is 23.9 Å². The van der Waals surface area contributed by atoms with Crippen LogP contribution in [0.5, 0.6) is 11.5 Å². The fourth-order valence-corrected chi connectivity index (χ4v) is 3.08. The Hall–Kier alpha value is -3.29. The van der Waals surface area contributed by atoms with Crippen LogP contribution < -0.4 is 9.47 Å². The smallest absolute Gasteiger partial charge is 0.311 e. The van der Waals surface area contributed by atoms with Crippen molar-refractivity contribution in [2.75, 3.05) is 19.9 Å². The molecular formula is C19H17NO7. The highest BCUT2D eigenvalue weighted by Crippen LogP contribution is 2.32. The monoisotopic (exact) mass is 371 g/mol. The predicted molar refractivity (Wildman–Crippen MR) is 90.1 cm³/mol. The average molecular weight is 371 g/mol. The van der Waals surface area contributed by atoms with Gasteiger partial charge in [0.1, 0.15) is 5.76 Å². The van der Waals surface area contributed by atoms with E-state index >= 15 is 0 Å². The fraction of sp³-hybridized carbons (Fsp3) is 0.316. The number of fused-ring (bicyclic) bond motifs is 1. The van der Waals surface area contributed by atoms with E-state index < -0.39 is 11.9 Å². The SMILES string of the molecule is O=C(COC(=O)C1CC(=O)N(Cc2ccco2)C1)c1ccc2c(c1)OCO2. The summed E-state index contributed by atoms with van der Waals surface area (Å²) < 4.78 is 20.8. The summed E-state index contributed by atoms with van der Waals surface area (Å²) in [5.41, 5.74) is 0.369. The zero-order chi connectivity index (χ0) is 18.8. The van der Waals surface area contributed by atoms with Crippen molar-refractivity contribution in [2.24, 2.45) is 5.92 Å². The summed E-state index contributed by atoms with van der Waals surface area (Å²) in [6.45, 7) is 0.288. The Kier molecular flexibility index (Phi) is 4.53. The summed E-state index contributed by atoms with van der Waals surface area (Å²) >= 11 is 0. The van der Waals surface area contributed by atoms with Crippen LogP contribution in [0.4, 0.5) is 0 Å². The van der Waals surface area contributed by atoms with Crippen LogP contribution in [0, 0.1) is 5.92 Å². The highest BCUT2D eigenvalue weighted by molar-refractivity contribution is 5.99. The minimum atomic E-state index is -0.586. The van der Waals surface area contributed by atoms with Gasteiger partial charge < -0.3 is 23.5 Å². The maximum atomic E-state index is 12.2. The molecule has 8 heteroatoms. The van der Waals surface area contributed by atoms with Crippen LogP contribution in [0.1, 0.15) is 22.5 Å². The van der Waals surface area contributed by atoms with Crippen molar-refractivity contribution in [3.8, 4) is 11.5 Å². The van der Waals surface area contributed by atoms with E-state index in [0.717, 1.165) is 0 Å². The maximum Gasteiger partial charge on any atom is 0.311 e.